The number of alkyl halides is 3. The maximum atomic E-state index is 12.9. The zero-order chi connectivity index (χ0) is 19.2. The van der Waals surface area contributed by atoms with Crippen molar-refractivity contribution in [3.8, 4) is 5.69 Å². The third kappa shape index (κ3) is 3.16. The Bertz CT molecular complexity index is 1010. The van der Waals surface area contributed by atoms with Crippen molar-refractivity contribution in [2.24, 2.45) is 0 Å². The number of para-hydroxylation sites is 1. The third-order valence-electron chi connectivity index (χ3n) is 4.35. The van der Waals surface area contributed by atoms with Crippen molar-refractivity contribution in [2.75, 3.05) is 0 Å². The van der Waals surface area contributed by atoms with Gasteiger partial charge in [-0.15, -0.1) is 0 Å². The number of carbonyl (C=O) groups is 1. The highest BCUT2D eigenvalue weighted by Crippen LogP contribution is 2.29. The minimum absolute atomic E-state index is 0.00965. The number of rotatable bonds is 2. The van der Waals surface area contributed by atoms with Gasteiger partial charge in [0.2, 0.25) is 5.82 Å². The Labute approximate surface area is 152 Å². The minimum atomic E-state index is -4.61. The van der Waals surface area contributed by atoms with E-state index in [9.17, 15) is 18.0 Å². The van der Waals surface area contributed by atoms with Gasteiger partial charge in [-0.1, -0.05) is 18.2 Å². The summed E-state index contributed by atoms with van der Waals surface area (Å²) in [6.07, 6.45) is -1.85. The molecule has 9 heteroatoms. The number of fused-ring (bicyclic) bond motifs is 1. The van der Waals surface area contributed by atoms with E-state index in [1.165, 1.54) is 4.90 Å². The lowest BCUT2D eigenvalue weighted by Crippen LogP contribution is -2.25. The normalized spacial score (nSPS) is 13.7. The van der Waals surface area contributed by atoms with E-state index in [0.29, 0.717) is 16.8 Å². The molecule has 0 atom stereocenters. The number of aromatic nitrogens is 4. The molecule has 1 amide bonds. The summed E-state index contributed by atoms with van der Waals surface area (Å²) in [6.45, 7) is 1.90. The van der Waals surface area contributed by atoms with Crippen molar-refractivity contribution >= 4 is 5.91 Å². The monoisotopic (exact) mass is 373 g/mol. The maximum Gasteiger partial charge on any atom is 0.451 e. The first-order valence-electron chi connectivity index (χ1n) is 8.16. The predicted octanol–water partition coefficient (Wildman–Crippen LogP) is 3.15. The van der Waals surface area contributed by atoms with Crippen LogP contribution in [0.3, 0.4) is 0 Å². The van der Waals surface area contributed by atoms with Crippen LogP contribution in [-0.2, 0) is 19.3 Å². The molecule has 0 unspecified atom stereocenters. The number of aryl methyl sites for hydroxylation is 1. The number of nitrogens with zero attached hydrogens (tertiary/aromatic N) is 5. The van der Waals surface area contributed by atoms with Gasteiger partial charge < -0.3 is 4.90 Å². The number of carbonyl (C=O) groups excluding carboxylic acids is 1. The van der Waals surface area contributed by atoms with Crippen LogP contribution in [0.1, 0.15) is 33.1 Å². The lowest BCUT2D eigenvalue weighted by atomic mass is 10.2. The van der Waals surface area contributed by atoms with Crippen molar-refractivity contribution in [2.45, 2.75) is 26.2 Å². The average molecular weight is 373 g/mol. The molecule has 0 saturated carbocycles. The molecule has 0 aliphatic carbocycles. The predicted molar refractivity (Wildman–Crippen MR) is 88.9 cm³/mol. The molecular weight excluding hydrogens is 359 g/mol. The molecule has 0 N–H and O–H groups in total. The Morgan fingerprint density at radius 3 is 2.59 bits per heavy atom. The number of amides is 1. The summed E-state index contributed by atoms with van der Waals surface area (Å²) in [5.41, 5.74) is 2.49. The van der Waals surface area contributed by atoms with Crippen LogP contribution in [0, 0.1) is 6.92 Å². The molecule has 3 heterocycles. The Balaban J connectivity index is 1.58. The Hall–Kier alpha value is -3.23. The van der Waals surface area contributed by atoms with E-state index in [2.05, 4.69) is 15.1 Å². The van der Waals surface area contributed by atoms with Gasteiger partial charge in [-0.05, 0) is 19.1 Å². The fraction of sp³-hybridized carbons (Fsp3) is 0.222. The standard InChI is InChI=1S/C18H14F3N5O/c1-11-14(9-26(24-11)13-5-3-2-4-6-13)16(27)25-8-12-7-22-17(18(19,20)21)23-15(12)10-25/h2-7,9H,8,10H2,1H3. The molecule has 27 heavy (non-hydrogen) atoms. The molecule has 0 saturated heterocycles. The number of hydrogen-bond acceptors (Lipinski definition) is 4. The first kappa shape index (κ1) is 17.2. The van der Waals surface area contributed by atoms with Crippen molar-refractivity contribution in [1.29, 1.82) is 0 Å². The fourth-order valence-corrected chi connectivity index (χ4v) is 2.99. The zero-order valence-electron chi connectivity index (χ0n) is 14.2. The SMILES string of the molecule is Cc1nn(-c2ccccc2)cc1C(=O)N1Cc2cnc(C(F)(F)F)nc2C1. The quantitative estimate of drug-likeness (QED) is 0.692. The zero-order valence-corrected chi connectivity index (χ0v) is 14.2. The topological polar surface area (TPSA) is 63.9 Å². The van der Waals surface area contributed by atoms with E-state index in [0.717, 1.165) is 11.9 Å². The van der Waals surface area contributed by atoms with Crippen LogP contribution >= 0.6 is 0 Å². The van der Waals surface area contributed by atoms with E-state index in [4.69, 9.17) is 0 Å². The second kappa shape index (κ2) is 6.19. The summed E-state index contributed by atoms with van der Waals surface area (Å²) >= 11 is 0. The second-order valence-corrected chi connectivity index (χ2v) is 6.23. The lowest BCUT2D eigenvalue weighted by Gasteiger charge is -2.14. The van der Waals surface area contributed by atoms with E-state index in [1.54, 1.807) is 17.8 Å². The molecule has 1 aliphatic rings. The van der Waals surface area contributed by atoms with Gasteiger partial charge in [0.15, 0.2) is 0 Å². The van der Waals surface area contributed by atoms with Crippen molar-refractivity contribution in [1.82, 2.24) is 24.6 Å². The molecule has 138 valence electrons. The van der Waals surface area contributed by atoms with Crippen LogP contribution in [0.4, 0.5) is 13.2 Å². The summed E-state index contributed by atoms with van der Waals surface area (Å²) in [5.74, 6) is -1.50. The van der Waals surface area contributed by atoms with E-state index < -0.39 is 12.0 Å². The lowest BCUT2D eigenvalue weighted by molar-refractivity contribution is -0.145. The molecule has 1 aliphatic heterocycles. The van der Waals surface area contributed by atoms with Crippen LogP contribution in [0.2, 0.25) is 0 Å². The van der Waals surface area contributed by atoms with Crippen molar-refractivity contribution < 1.29 is 18.0 Å². The highest BCUT2D eigenvalue weighted by atomic mass is 19.4. The summed E-state index contributed by atoms with van der Waals surface area (Å²) in [6, 6.07) is 9.33. The van der Waals surface area contributed by atoms with Crippen molar-refractivity contribution in [3.05, 3.63) is 71.1 Å². The number of benzene rings is 1. The highest BCUT2D eigenvalue weighted by Gasteiger charge is 2.37. The van der Waals surface area contributed by atoms with Crippen LogP contribution in [-0.4, -0.2) is 30.6 Å². The molecule has 0 spiro atoms. The summed E-state index contributed by atoms with van der Waals surface area (Å²) in [7, 11) is 0. The summed E-state index contributed by atoms with van der Waals surface area (Å²) in [5, 5.41) is 4.36. The first-order valence-corrected chi connectivity index (χ1v) is 8.16. The van der Waals surface area contributed by atoms with Gasteiger partial charge >= 0.3 is 6.18 Å². The fourth-order valence-electron chi connectivity index (χ4n) is 2.99. The van der Waals surface area contributed by atoms with Gasteiger partial charge in [-0.2, -0.15) is 18.3 Å². The molecular formula is C18H14F3N5O. The van der Waals surface area contributed by atoms with E-state index in [1.807, 2.05) is 30.3 Å². The van der Waals surface area contributed by atoms with Gasteiger partial charge in [0.1, 0.15) is 0 Å². The van der Waals surface area contributed by atoms with Gasteiger partial charge in [0, 0.05) is 24.5 Å². The van der Waals surface area contributed by atoms with E-state index >= 15 is 0 Å². The minimum Gasteiger partial charge on any atom is -0.328 e. The Morgan fingerprint density at radius 2 is 1.89 bits per heavy atom. The highest BCUT2D eigenvalue weighted by molar-refractivity contribution is 5.95. The second-order valence-electron chi connectivity index (χ2n) is 6.23. The van der Waals surface area contributed by atoms with Gasteiger partial charge in [-0.25, -0.2) is 14.6 Å². The molecule has 1 aromatic carbocycles. The van der Waals surface area contributed by atoms with Crippen molar-refractivity contribution in [3.63, 3.8) is 0 Å². The molecule has 3 aromatic rings. The maximum absolute atomic E-state index is 12.9. The van der Waals surface area contributed by atoms with Gasteiger partial charge in [-0.3, -0.25) is 4.79 Å². The largest absolute Gasteiger partial charge is 0.451 e. The van der Waals surface area contributed by atoms with Crippen LogP contribution in [0.15, 0.2) is 42.7 Å². The molecule has 6 nitrogen and oxygen atoms in total. The van der Waals surface area contributed by atoms with E-state index in [-0.39, 0.29) is 24.7 Å². The molecule has 0 radical (unpaired) electrons. The number of halogens is 3. The third-order valence-corrected chi connectivity index (χ3v) is 4.35. The van der Waals surface area contributed by atoms with Gasteiger partial charge in [0.05, 0.1) is 29.2 Å². The molecule has 2 aromatic heterocycles. The van der Waals surface area contributed by atoms with Gasteiger partial charge in [0.25, 0.3) is 5.91 Å². The first-order chi connectivity index (χ1) is 12.8. The smallest absolute Gasteiger partial charge is 0.328 e. The Morgan fingerprint density at radius 1 is 1.15 bits per heavy atom. The van der Waals surface area contributed by atoms with Crippen LogP contribution in [0.5, 0.6) is 0 Å². The summed E-state index contributed by atoms with van der Waals surface area (Å²) in [4.78, 5) is 21.2. The average Bonchev–Trinajstić information content (AvgIpc) is 3.24. The molecule has 0 fully saturated rings. The molecule has 0 bridgehead atoms. The van der Waals surface area contributed by atoms with Crippen LogP contribution < -0.4 is 0 Å². The Kier molecular flexibility index (Phi) is 3.94. The number of hydrogen-bond donors (Lipinski definition) is 0. The molecule has 4 rings (SSSR count). The summed E-state index contributed by atoms with van der Waals surface area (Å²) < 4.78 is 39.9. The van der Waals surface area contributed by atoms with Crippen LogP contribution in [0.25, 0.3) is 5.69 Å².